The number of thioether (sulfide) groups is 1. The summed E-state index contributed by atoms with van der Waals surface area (Å²) in [5.41, 5.74) is 2.15. The molecule has 0 radical (unpaired) electrons. The SMILES string of the molecule is CC(=O)CO/N=C(\C(=O)C[C@@H]1C(=O)N2C[C@@](C(C)=O)(N3CCC(NC(=O)c4ccc(C)c(C)c4Cl)C3=O)SC12)c1csc(C)n1. The summed E-state index contributed by atoms with van der Waals surface area (Å²) in [6, 6.07) is 2.52. The van der Waals surface area contributed by atoms with Gasteiger partial charge in [-0.05, 0) is 58.2 Å². The summed E-state index contributed by atoms with van der Waals surface area (Å²) in [6.07, 6.45) is 0.0550. The van der Waals surface area contributed by atoms with Gasteiger partial charge in [0.2, 0.25) is 11.8 Å². The summed E-state index contributed by atoms with van der Waals surface area (Å²) in [7, 11) is 0. The third-order valence-corrected chi connectivity index (χ3v) is 11.4. The summed E-state index contributed by atoms with van der Waals surface area (Å²) in [6.45, 7) is 8.02. The van der Waals surface area contributed by atoms with E-state index in [2.05, 4.69) is 15.5 Å². The Morgan fingerprint density at radius 1 is 1.16 bits per heavy atom. The van der Waals surface area contributed by atoms with Crippen LogP contribution in [0.15, 0.2) is 22.7 Å². The molecule has 3 aliphatic rings. The van der Waals surface area contributed by atoms with Gasteiger partial charge in [-0.2, -0.15) is 0 Å². The van der Waals surface area contributed by atoms with Gasteiger partial charge in [-0.25, -0.2) is 4.98 Å². The minimum Gasteiger partial charge on any atom is -0.387 e. The van der Waals surface area contributed by atoms with Crippen molar-refractivity contribution in [2.24, 2.45) is 11.1 Å². The Bertz CT molecular complexity index is 1660. The van der Waals surface area contributed by atoms with E-state index in [4.69, 9.17) is 16.4 Å². The number of aromatic nitrogens is 1. The average molecular weight is 674 g/mol. The number of carbonyl (C=O) groups excluding carboxylic acids is 6. The smallest absolute Gasteiger partial charge is 0.253 e. The maximum absolute atomic E-state index is 13.6. The topological polar surface area (TPSA) is 155 Å². The van der Waals surface area contributed by atoms with Gasteiger partial charge in [-0.3, -0.25) is 28.8 Å². The highest BCUT2D eigenvalue weighted by Gasteiger charge is 2.64. The van der Waals surface area contributed by atoms with Crippen molar-refractivity contribution in [1.82, 2.24) is 20.1 Å². The van der Waals surface area contributed by atoms with Gasteiger partial charge in [0, 0.05) is 18.3 Å². The summed E-state index contributed by atoms with van der Waals surface area (Å²) in [5.74, 6) is -3.07. The molecule has 12 nitrogen and oxygen atoms in total. The molecule has 0 bridgehead atoms. The number of likely N-dealkylation sites (tertiary alicyclic amines) is 1. The lowest BCUT2D eigenvalue weighted by Gasteiger charge is -2.40. The van der Waals surface area contributed by atoms with Gasteiger partial charge in [0.1, 0.15) is 11.7 Å². The van der Waals surface area contributed by atoms with Gasteiger partial charge in [0.15, 0.2) is 34.5 Å². The minimum absolute atomic E-state index is 0.0233. The monoisotopic (exact) mass is 673 g/mol. The second kappa shape index (κ2) is 12.6. The van der Waals surface area contributed by atoms with Gasteiger partial charge < -0.3 is 20.0 Å². The van der Waals surface area contributed by atoms with Gasteiger partial charge in [-0.15, -0.1) is 11.3 Å². The first kappa shape index (κ1) is 32.8. The number of amides is 3. The number of nitrogens with one attached hydrogen (secondary N) is 1. The van der Waals surface area contributed by atoms with E-state index in [9.17, 15) is 28.8 Å². The fraction of sp³-hybridized carbons (Fsp3) is 0.467. The molecular formula is C30H32ClN5O7S2. The number of Topliss-reactive ketones (excluding diaryl/α,β-unsaturated/α-hetero) is 3. The number of β-lactam (4-membered cyclic amide) rings is 1. The first-order chi connectivity index (χ1) is 21.2. The zero-order chi connectivity index (χ0) is 32.8. The largest absolute Gasteiger partial charge is 0.387 e. The van der Waals surface area contributed by atoms with Gasteiger partial charge >= 0.3 is 0 Å². The lowest BCUT2D eigenvalue weighted by atomic mass is 9.90. The summed E-state index contributed by atoms with van der Waals surface area (Å²) in [5, 5.41) is 8.77. The molecule has 0 aliphatic carbocycles. The van der Waals surface area contributed by atoms with Crippen LogP contribution >= 0.6 is 34.7 Å². The molecule has 3 aliphatic heterocycles. The van der Waals surface area contributed by atoms with Crippen LogP contribution in [0.25, 0.3) is 0 Å². The van der Waals surface area contributed by atoms with E-state index in [-0.39, 0.29) is 67.0 Å². The van der Waals surface area contributed by atoms with Crippen LogP contribution in [0.2, 0.25) is 5.02 Å². The number of fused-ring (bicyclic) bond motifs is 1. The van der Waals surface area contributed by atoms with Crippen molar-refractivity contribution in [3.63, 3.8) is 0 Å². The zero-order valence-electron chi connectivity index (χ0n) is 25.3. The number of hydrogen-bond donors (Lipinski definition) is 1. The molecule has 1 aromatic carbocycles. The Balaban J connectivity index is 1.30. The van der Waals surface area contributed by atoms with Crippen LogP contribution in [0.1, 0.15) is 58.9 Å². The number of thiazole rings is 1. The van der Waals surface area contributed by atoms with Crippen molar-refractivity contribution in [2.45, 2.75) is 63.7 Å². The Kier molecular flexibility index (Phi) is 9.20. The first-order valence-electron chi connectivity index (χ1n) is 14.3. The number of halogens is 1. The van der Waals surface area contributed by atoms with Crippen molar-refractivity contribution in [1.29, 1.82) is 0 Å². The zero-order valence-corrected chi connectivity index (χ0v) is 27.7. The Labute approximate surface area is 272 Å². The highest BCUT2D eigenvalue weighted by Crippen LogP contribution is 2.53. The van der Waals surface area contributed by atoms with Crippen LogP contribution in [-0.4, -0.2) is 91.5 Å². The molecule has 3 fully saturated rings. The molecule has 45 heavy (non-hydrogen) atoms. The quantitative estimate of drug-likeness (QED) is 0.215. The highest BCUT2D eigenvalue weighted by atomic mass is 35.5. The number of nitrogens with zero attached hydrogens (tertiary/aromatic N) is 4. The standard InChI is InChI=1S/C30H32ClN5O7S2/c1-14-6-7-19(24(31)16(14)3)26(40)33-21-8-9-36(28(21)42)30(17(4)38)13-35-27(41)20(29(35)45-30)10-23(39)25(34-43-11-15(2)37)22-12-44-18(5)32-22/h6-7,12,20-21,29H,8-11,13H2,1-5H3,(H,33,40)/b34-25-/t20-,21?,29?,30-/m1/s1. The summed E-state index contributed by atoms with van der Waals surface area (Å²) >= 11 is 8.89. The molecule has 0 saturated carbocycles. The lowest BCUT2D eigenvalue weighted by molar-refractivity contribution is -0.153. The molecule has 238 valence electrons. The fourth-order valence-electron chi connectivity index (χ4n) is 5.66. The van der Waals surface area contributed by atoms with Crippen molar-refractivity contribution < 1.29 is 33.6 Å². The van der Waals surface area contributed by atoms with Crippen molar-refractivity contribution in [2.75, 3.05) is 19.7 Å². The van der Waals surface area contributed by atoms with Crippen LogP contribution in [0.5, 0.6) is 0 Å². The van der Waals surface area contributed by atoms with Crippen molar-refractivity contribution in [3.8, 4) is 0 Å². The molecule has 2 unspecified atom stereocenters. The average Bonchev–Trinajstić information content (AvgIpc) is 3.68. The number of ketones is 3. The number of rotatable bonds is 11. The molecule has 4 heterocycles. The predicted molar refractivity (Wildman–Crippen MR) is 168 cm³/mol. The van der Waals surface area contributed by atoms with Crippen LogP contribution < -0.4 is 5.32 Å². The van der Waals surface area contributed by atoms with Crippen LogP contribution in [0.4, 0.5) is 0 Å². The van der Waals surface area contributed by atoms with Gasteiger partial charge in [0.05, 0.1) is 33.4 Å². The number of benzene rings is 1. The van der Waals surface area contributed by atoms with Crippen LogP contribution in [0, 0.1) is 26.7 Å². The predicted octanol–water partition coefficient (Wildman–Crippen LogP) is 2.84. The van der Waals surface area contributed by atoms with Crippen molar-refractivity contribution >= 4 is 75.5 Å². The minimum atomic E-state index is -1.36. The number of hydrogen-bond acceptors (Lipinski definition) is 11. The number of carbonyl (C=O) groups is 6. The Morgan fingerprint density at radius 3 is 2.53 bits per heavy atom. The van der Waals surface area contributed by atoms with E-state index < -0.39 is 39.8 Å². The molecule has 3 saturated heterocycles. The number of oxime groups is 1. The fourth-order valence-corrected chi connectivity index (χ4v) is 8.33. The maximum atomic E-state index is 13.6. The van der Waals surface area contributed by atoms with E-state index in [0.717, 1.165) is 11.1 Å². The van der Waals surface area contributed by atoms with E-state index in [0.29, 0.717) is 10.0 Å². The molecule has 4 atom stereocenters. The van der Waals surface area contributed by atoms with Gasteiger partial charge in [-0.1, -0.05) is 34.6 Å². The molecule has 1 N–H and O–H groups in total. The molecule has 5 rings (SSSR count). The molecular weight excluding hydrogens is 642 g/mol. The Morgan fingerprint density at radius 2 is 1.89 bits per heavy atom. The molecule has 2 aromatic rings. The third kappa shape index (κ3) is 6.02. The highest BCUT2D eigenvalue weighted by molar-refractivity contribution is 8.02. The molecule has 15 heteroatoms. The van der Waals surface area contributed by atoms with E-state index in [1.165, 1.54) is 46.7 Å². The third-order valence-electron chi connectivity index (χ3n) is 8.31. The molecule has 1 aromatic heterocycles. The summed E-state index contributed by atoms with van der Waals surface area (Å²) in [4.78, 5) is 88.9. The number of aryl methyl sites for hydroxylation is 2. The van der Waals surface area contributed by atoms with Crippen molar-refractivity contribution in [3.05, 3.63) is 49.9 Å². The lowest BCUT2D eigenvalue weighted by Crippen LogP contribution is -2.59. The maximum Gasteiger partial charge on any atom is 0.253 e. The second-order valence-corrected chi connectivity index (χ2v) is 14.2. The summed E-state index contributed by atoms with van der Waals surface area (Å²) < 4.78 is 0. The molecule has 0 spiro atoms. The van der Waals surface area contributed by atoms with E-state index in [1.54, 1.807) is 24.4 Å². The second-order valence-electron chi connectivity index (χ2n) is 11.4. The first-order valence-corrected chi connectivity index (χ1v) is 16.4. The molecule has 3 amide bonds. The van der Waals surface area contributed by atoms with Gasteiger partial charge in [0.25, 0.3) is 5.91 Å². The van der Waals surface area contributed by atoms with Crippen LogP contribution in [-0.2, 0) is 28.8 Å². The van der Waals surface area contributed by atoms with Crippen LogP contribution in [0.3, 0.4) is 0 Å². The normalized spacial score (nSPS) is 24.4. The van der Waals surface area contributed by atoms with E-state index >= 15 is 0 Å². The Hall–Kier alpha value is -3.62. The van der Waals surface area contributed by atoms with E-state index in [1.807, 2.05) is 13.8 Å².